The van der Waals surface area contributed by atoms with Gasteiger partial charge in [-0.2, -0.15) is 0 Å². The fraction of sp³-hybridized carbons (Fsp3) is 0.462. The Kier molecular flexibility index (Phi) is 8.53. The van der Waals surface area contributed by atoms with E-state index in [4.69, 9.17) is 16.3 Å². The highest BCUT2D eigenvalue weighted by Gasteiger charge is 2.16. The van der Waals surface area contributed by atoms with E-state index in [0.717, 1.165) is 6.07 Å². The number of hydrogen-bond acceptors (Lipinski definition) is 3. The third-order valence-corrected chi connectivity index (χ3v) is 2.94. The van der Waals surface area contributed by atoms with Crippen LogP contribution < -0.4 is 15.4 Å². The van der Waals surface area contributed by atoms with Crippen LogP contribution in [0, 0.1) is 5.82 Å². The molecule has 1 rings (SSSR count). The van der Waals surface area contributed by atoms with E-state index in [0.29, 0.717) is 6.54 Å². The highest BCUT2D eigenvalue weighted by molar-refractivity contribution is 6.32. The number of likely N-dealkylation sites (N-methyl/N-ethyl adjacent to an activating group) is 1. The van der Waals surface area contributed by atoms with Crippen LogP contribution in [0.15, 0.2) is 18.2 Å². The molecule has 0 radical (unpaired) electrons. The molecule has 0 spiro atoms. The Bertz CT molecular complexity index is 446. The molecule has 20 heavy (non-hydrogen) atoms. The summed E-state index contributed by atoms with van der Waals surface area (Å²) >= 11 is 5.82. The minimum atomic E-state index is -0.702. The fourth-order valence-corrected chi connectivity index (χ4v) is 1.53. The van der Waals surface area contributed by atoms with E-state index in [1.165, 1.54) is 12.1 Å². The molecule has 2 atom stereocenters. The molecule has 114 valence electrons. The Morgan fingerprint density at radius 3 is 2.65 bits per heavy atom. The molecule has 0 heterocycles. The van der Waals surface area contributed by atoms with Crippen LogP contribution in [0.25, 0.3) is 0 Å². The molecule has 1 aromatic rings. The number of rotatable bonds is 6. The quantitative estimate of drug-likeness (QED) is 0.844. The van der Waals surface area contributed by atoms with Gasteiger partial charge in [-0.05, 0) is 39.1 Å². The first kappa shape index (κ1) is 19.0. The summed E-state index contributed by atoms with van der Waals surface area (Å²) in [6, 6.07) is 3.95. The van der Waals surface area contributed by atoms with Gasteiger partial charge < -0.3 is 15.4 Å². The van der Waals surface area contributed by atoms with Crippen LogP contribution in [-0.4, -0.2) is 31.6 Å². The van der Waals surface area contributed by atoms with Crippen molar-refractivity contribution < 1.29 is 13.9 Å². The molecule has 0 bridgehead atoms. The predicted molar refractivity (Wildman–Crippen MR) is 80.3 cm³/mol. The van der Waals surface area contributed by atoms with Crippen molar-refractivity contribution in [3.05, 3.63) is 29.0 Å². The highest BCUT2D eigenvalue weighted by Crippen LogP contribution is 2.25. The number of carbonyl (C=O) groups is 1. The second kappa shape index (κ2) is 9.00. The van der Waals surface area contributed by atoms with E-state index in [9.17, 15) is 9.18 Å². The molecule has 0 aliphatic rings. The van der Waals surface area contributed by atoms with Crippen molar-refractivity contribution in [3.8, 4) is 5.75 Å². The smallest absolute Gasteiger partial charge is 0.260 e. The van der Waals surface area contributed by atoms with Crippen molar-refractivity contribution in [2.75, 3.05) is 13.6 Å². The third kappa shape index (κ3) is 5.94. The minimum Gasteiger partial charge on any atom is -0.479 e. The lowest BCUT2D eigenvalue weighted by Crippen LogP contribution is -2.42. The summed E-state index contributed by atoms with van der Waals surface area (Å²) in [5, 5.41) is 5.89. The standard InChI is InChI=1S/C13H18ClFN2O2.ClH/c1-8(16-3)7-17-13(18)9(2)19-12-5-4-10(15)6-11(12)14;/h4-6,8-9,16H,7H2,1-3H3,(H,17,18);1H. The Morgan fingerprint density at radius 2 is 2.10 bits per heavy atom. The molecule has 0 fully saturated rings. The molecule has 1 aromatic carbocycles. The Balaban J connectivity index is 0.00000361. The predicted octanol–water partition coefficient (Wildman–Crippen LogP) is 2.39. The van der Waals surface area contributed by atoms with E-state index >= 15 is 0 Å². The molecule has 2 N–H and O–H groups in total. The van der Waals surface area contributed by atoms with Gasteiger partial charge in [-0.1, -0.05) is 11.6 Å². The maximum absolute atomic E-state index is 12.9. The van der Waals surface area contributed by atoms with Crippen molar-refractivity contribution in [3.63, 3.8) is 0 Å². The van der Waals surface area contributed by atoms with Crippen LogP contribution in [0.5, 0.6) is 5.75 Å². The maximum atomic E-state index is 12.9. The second-order valence-electron chi connectivity index (χ2n) is 4.27. The zero-order chi connectivity index (χ0) is 14.4. The minimum absolute atomic E-state index is 0. The Morgan fingerprint density at radius 1 is 1.45 bits per heavy atom. The highest BCUT2D eigenvalue weighted by atomic mass is 35.5. The first-order valence-corrected chi connectivity index (χ1v) is 6.38. The van der Waals surface area contributed by atoms with Crippen molar-refractivity contribution in [2.24, 2.45) is 0 Å². The number of halogens is 3. The molecule has 4 nitrogen and oxygen atoms in total. The summed E-state index contributed by atoms with van der Waals surface area (Å²) in [5.41, 5.74) is 0. The lowest BCUT2D eigenvalue weighted by Gasteiger charge is -2.17. The van der Waals surface area contributed by atoms with Crippen molar-refractivity contribution in [1.29, 1.82) is 0 Å². The van der Waals surface area contributed by atoms with Crippen LogP contribution in [0.2, 0.25) is 5.02 Å². The molecule has 1 amide bonds. The van der Waals surface area contributed by atoms with E-state index in [-0.39, 0.29) is 35.1 Å². The first-order valence-electron chi connectivity index (χ1n) is 6.00. The van der Waals surface area contributed by atoms with Crippen molar-refractivity contribution in [1.82, 2.24) is 10.6 Å². The van der Waals surface area contributed by atoms with Gasteiger partial charge >= 0.3 is 0 Å². The molecule has 0 aliphatic carbocycles. The fourth-order valence-electron chi connectivity index (χ4n) is 1.31. The van der Waals surface area contributed by atoms with E-state index < -0.39 is 11.9 Å². The number of ether oxygens (including phenoxy) is 1. The van der Waals surface area contributed by atoms with E-state index in [1.807, 2.05) is 14.0 Å². The van der Waals surface area contributed by atoms with Crippen LogP contribution in [0.3, 0.4) is 0 Å². The normalized spacial score (nSPS) is 13.1. The van der Waals surface area contributed by atoms with Gasteiger partial charge in [-0.3, -0.25) is 4.79 Å². The van der Waals surface area contributed by atoms with Gasteiger partial charge in [0.25, 0.3) is 5.91 Å². The van der Waals surface area contributed by atoms with Gasteiger partial charge in [0.05, 0.1) is 5.02 Å². The van der Waals surface area contributed by atoms with Gasteiger partial charge in [-0.15, -0.1) is 12.4 Å². The molecule has 0 aliphatic heterocycles. The molecule has 2 unspecified atom stereocenters. The lowest BCUT2D eigenvalue weighted by molar-refractivity contribution is -0.127. The number of carbonyl (C=O) groups excluding carboxylic acids is 1. The maximum Gasteiger partial charge on any atom is 0.260 e. The zero-order valence-corrected chi connectivity index (χ0v) is 13.1. The van der Waals surface area contributed by atoms with Crippen LogP contribution in [0.4, 0.5) is 4.39 Å². The van der Waals surface area contributed by atoms with Crippen LogP contribution in [0.1, 0.15) is 13.8 Å². The average molecular weight is 325 g/mol. The third-order valence-electron chi connectivity index (χ3n) is 2.64. The largest absolute Gasteiger partial charge is 0.479 e. The average Bonchev–Trinajstić information content (AvgIpc) is 2.38. The number of amides is 1. The summed E-state index contributed by atoms with van der Waals surface area (Å²) in [5.74, 6) is -0.410. The topological polar surface area (TPSA) is 50.4 Å². The van der Waals surface area contributed by atoms with Gasteiger partial charge in [0.2, 0.25) is 0 Å². The number of benzene rings is 1. The van der Waals surface area contributed by atoms with Crippen LogP contribution in [-0.2, 0) is 4.79 Å². The molecular weight excluding hydrogens is 306 g/mol. The van der Waals surface area contributed by atoms with Gasteiger partial charge in [0, 0.05) is 12.6 Å². The molecule has 0 aromatic heterocycles. The molecular formula is C13H19Cl2FN2O2. The summed E-state index contributed by atoms with van der Waals surface area (Å²) in [7, 11) is 1.81. The van der Waals surface area contributed by atoms with Crippen molar-refractivity contribution in [2.45, 2.75) is 26.0 Å². The van der Waals surface area contributed by atoms with Crippen molar-refractivity contribution >= 4 is 29.9 Å². The lowest BCUT2D eigenvalue weighted by atomic mass is 10.3. The monoisotopic (exact) mass is 324 g/mol. The Hall–Kier alpha value is -1.04. The second-order valence-corrected chi connectivity index (χ2v) is 4.68. The van der Waals surface area contributed by atoms with Crippen LogP contribution >= 0.6 is 24.0 Å². The molecule has 0 saturated heterocycles. The summed E-state index contributed by atoms with van der Waals surface area (Å²) in [6.45, 7) is 4.06. The summed E-state index contributed by atoms with van der Waals surface area (Å²) in [4.78, 5) is 11.8. The zero-order valence-electron chi connectivity index (χ0n) is 11.6. The van der Waals surface area contributed by atoms with E-state index in [1.54, 1.807) is 6.92 Å². The van der Waals surface area contributed by atoms with Gasteiger partial charge in [0.1, 0.15) is 11.6 Å². The molecule has 7 heteroatoms. The van der Waals surface area contributed by atoms with E-state index in [2.05, 4.69) is 10.6 Å². The Labute approximate surface area is 129 Å². The summed E-state index contributed by atoms with van der Waals surface area (Å²) in [6.07, 6.45) is -0.702. The number of nitrogens with one attached hydrogen (secondary N) is 2. The number of hydrogen-bond donors (Lipinski definition) is 2. The van der Waals surface area contributed by atoms with Gasteiger partial charge in [-0.25, -0.2) is 4.39 Å². The summed E-state index contributed by atoms with van der Waals surface area (Å²) < 4.78 is 18.3. The molecule has 0 saturated carbocycles. The van der Waals surface area contributed by atoms with Gasteiger partial charge in [0.15, 0.2) is 6.10 Å². The SMILES string of the molecule is CNC(C)CNC(=O)C(C)Oc1ccc(F)cc1Cl.Cl. The first-order chi connectivity index (χ1) is 8.93.